The Morgan fingerprint density at radius 3 is 2.40 bits per heavy atom. The van der Waals surface area contributed by atoms with Gasteiger partial charge in [-0.05, 0) is 18.2 Å². The van der Waals surface area contributed by atoms with Crippen molar-refractivity contribution in [2.24, 2.45) is 0 Å². The summed E-state index contributed by atoms with van der Waals surface area (Å²) in [6.45, 7) is 0.216. The van der Waals surface area contributed by atoms with E-state index in [9.17, 15) is 14.5 Å². The van der Waals surface area contributed by atoms with Crippen molar-refractivity contribution in [3.8, 4) is 0 Å². The molecule has 0 atom stereocenters. The molecule has 0 unspecified atom stereocenters. The number of non-ortho nitro benzene ring substituents is 1. The van der Waals surface area contributed by atoms with Crippen molar-refractivity contribution in [1.29, 1.82) is 0 Å². The first kappa shape index (κ1) is 14.6. The number of benzene rings is 2. The average molecular weight is 315 g/mol. The summed E-state index contributed by atoms with van der Waals surface area (Å²) in [4.78, 5) is 9.86. The van der Waals surface area contributed by atoms with Crippen molar-refractivity contribution in [2.45, 2.75) is 6.54 Å². The number of anilines is 1. The van der Waals surface area contributed by atoms with Gasteiger partial charge in [-0.1, -0.05) is 29.3 Å². The summed E-state index contributed by atoms with van der Waals surface area (Å²) in [7, 11) is 0. The minimum Gasteiger partial charge on any atom is -0.378 e. The second kappa shape index (κ2) is 6.07. The first-order chi connectivity index (χ1) is 9.49. The minimum absolute atomic E-state index is 0.145. The molecule has 0 aliphatic heterocycles. The Balaban J connectivity index is 2.17. The number of halogens is 3. The molecule has 0 fully saturated rings. The lowest BCUT2D eigenvalue weighted by Crippen LogP contribution is -2.03. The van der Waals surface area contributed by atoms with Crippen LogP contribution < -0.4 is 5.32 Å². The number of nitro benzene ring substituents is 1. The van der Waals surface area contributed by atoms with Gasteiger partial charge in [0.15, 0.2) is 5.82 Å². The van der Waals surface area contributed by atoms with Gasteiger partial charge in [-0.15, -0.1) is 0 Å². The molecule has 0 radical (unpaired) electrons. The summed E-state index contributed by atoms with van der Waals surface area (Å²) in [5.41, 5.74) is 0.476. The van der Waals surface area contributed by atoms with Crippen LogP contribution in [0.3, 0.4) is 0 Å². The molecule has 0 heterocycles. The highest BCUT2D eigenvalue weighted by atomic mass is 35.5. The highest BCUT2D eigenvalue weighted by molar-refractivity contribution is 6.36. The molecular formula is C13H9Cl2FN2O2. The second-order valence-electron chi connectivity index (χ2n) is 3.98. The first-order valence-electron chi connectivity index (χ1n) is 5.59. The van der Waals surface area contributed by atoms with Crippen LogP contribution in [0.25, 0.3) is 0 Å². The molecule has 0 saturated heterocycles. The van der Waals surface area contributed by atoms with Crippen molar-refractivity contribution >= 4 is 34.6 Å². The van der Waals surface area contributed by atoms with Gasteiger partial charge in [0.1, 0.15) is 0 Å². The van der Waals surface area contributed by atoms with Crippen LogP contribution in [0.15, 0.2) is 36.4 Å². The van der Waals surface area contributed by atoms with E-state index in [4.69, 9.17) is 23.2 Å². The monoisotopic (exact) mass is 314 g/mol. The maximum atomic E-state index is 13.7. The van der Waals surface area contributed by atoms with Crippen molar-refractivity contribution in [1.82, 2.24) is 0 Å². The summed E-state index contributed by atoms with van der Waals surface area (Å²) in [5, 5.41) is 14.3. The van der Waals surface area contributed by atoms with Gasteiger partial charge in [-0.25, -0.2) is 4.39 Å². The van der Waals surface area contributed by atoms with Crippen molar-refractivity contribution in [3.05, 3.63) is 67.9 Å². The van der Waals surface area contributed by atoms with E-state index >= 15 is 0 Å². The Morgan fingerprint density at radius 2 is 1.85 bits per heavy atom. The smallest absolute Gasteiger partial charge is 0.272 e. The van der Waals surface area contributed by atoms with Crippen LogP contribution in [-0.2, 0) is 6.54 Å². The number of hydrogen-bond acceptors (Lipinski definition) is 3. The Labute approximate surface area is 124 Å². The van der Waals surface area contributed by atoms with Crippen LogP contribution in [0.1, 0.15) is 5.56 Å². The van der Waals surface area contributed by atoms with Gasteiger partial charge in [-0.3, -0.25) is 10.1 Å². The number of hydrogen-bond donors (Lipinski definition) is 1. The molecule has 2 aromatic rings. The Kier molecular flexibility index (Phi) is 4.42. The van der Waals surface area contributed by atoms with Gasteiger partial charge in [0.25, 0.3) is 5.69 Å². The molecule has 0 aliphatic carbocycles. The van der Waals surface area contributed by atoms with Gasteiger partial charge in [0.2, 0.25) is 0 Å². The highest BCUT2D eigenvalue weighted by Gasteiger charge is 2.11. The average Bonchev–Trinajstić information content (AvgIpc) is 2.39. The van der Waals surface area contributed by atoms with Crippen molar-refractivity contribution < 1.29 is 9.31 Å². The fourth-order valence-corrected chi connectivity index (χ4v) is 2.18. The highest BCUT2D eigenvalue weighted by Crippen LogP contribution is 2.26. The Bertz CT molecular complexity index is 645. The van der Waals surface area contributed by atoms with Gasteiger partial charge in [0, 0.05) is 28.2 Å². The van der Waals surface area contributed by atoms with Gasteiger partial charge in [-0.2, -0.15) is 0 Å². The van der Waals surface area contributed by atoms with Gasteiger partial charge < -0.3 is 5.32 Å². The van der Waals surface area contributed by atoms with E-state index in [1.807, 2.05) is 0 Å². The van der Waals surface area contributed by atoms with Crippen LogP contribution in [-0.4, -0.2) is 4.92 Å². The summed E-state index contributed by atoms with van der Waals surface area (Å²) in [6.07, 6.45) is 0. The van der Waals surface area contributed by atoms with Gasteiger partial charge >= 0.3 is 0 Å². The molecule has 104 valence electrons. The zero-order valence-electron chi connectivity index (χ0n) is 10.1. The summed E-state index contributed by atoms with van der Waals surface area (Å²) >= 11 is 12.0. The molecule has 1 N–H and O–H groups in total. The zero-order chi connectivity index (χ0) is 14.7. The van der Waals surface area contributed by atoms with Crippen LogP contribution in [0, 0.1) is 15.9 Å². The fraction of sp³-hybridized carbons (Fsp3) is 0.0769. The Morgan fingerprint density at radius 1 is 1.20 bits per heavy atom. The SMILES string of the molecule is O=[N+]([O-])c1ccc(NCc2c(Cl)cccc2Cl)c(F)c1. The van der Waals surface area contributed by atoms with Crippen LogP contribution in [0.5, 0.6) is 0 Å². The molecule has 2 aromatic carbocycles. The predicted octanol–water partition coefficient (Wildman–Crippen LogP) is 4.65. The molecule has 4 nitrogen and oxygen atoms in total. The number of nitro groups is 1. The maximum Gasteiger partial charge on any atom is 0.272 e. The largest absolute Gasteiger partial charge is 0.378 e. The summed E-state index contributed by atoms with van der Waals surface area (Å²) in [6, 6.07) is 8.45. The maximum absolute atomic E-state index is 13.7. The summed E-state index contributed by atoms with van der Waals surface area (Å²) < 4.78 is 13.7. The molecule has 7 heteroatoms. The fourth-order valence-electron chi connectivity index (χ4n) is 1.65. The van der Waals surface area contributed by atoms with Crippen molar-refractivity contribution in [2.75, 3.05) is 5.32 Å². The molecule has 2 rings (SSSR count). The van der Waals surface area contributed by atoms with E-state index in [0.29, 0.717) is 15.6 Å². The van der Waals surface area contributed by atoms with Crippen LogP contribution in [0.2, 0.25) is 10.0 Å². The molecule has 0 saturated carbocycles. The lowest BCUT2D eigenvalue weighted by atomic mass is 10.2. The Hall–Kier alpha value is -1.85. The third-order valence-electron chi connectivity index (χ3n) is 2.68. The quantitative estimate of drug-likeness (QED) is 0.660. The van der Waals surface area contributed by atoms with E-state index < -0.39 is 10.7 Å². The predicted molar refractivity (Wildman–Crippen MR) is 76.8 cm³/mol. The number of nitrogens with one attached hydrogen (secondary N) is 1. The molecule has 20 heavy (non-hydrogen) atoms. The third-order valence-corrected chi connectivity index (χ3v) is 3.39. The van der Waals surface area contributed by atoms with E-state index in [0.717, 1.165) is 6.07 Å². The van der Waals surface area contributed by atoms with Crippen LogP contribution in [0.4, 0.5) is 15.8 Å². The lowest BCUT2D eigenvalue weighted by molar-refractivity contribution is -0.385. The first-order valence-corrected chi connectivity index (χ1v) is 6.35. The standard InChI is InChI=1S/C13H9Cl2FN2O2/c14-10-2-1-3-11(15)9(10)7-17-13-5-4-8(18(19)20)6-12(13)16/h1-6,17H,7H2. The van der Waals surface area contributed by atoms with Crippen molar-refractivity contribution in [3.63, 3.8) is 0 Å². The summed E-state index contributed by atoms with van der Waals surface area (Å²) in [5.74, 6) is -0.706. The second-order valence-corrected chi connectivity index (χ2v) is 4.79. The molecule has 0 bridgehead atoms. The van der Waals surface area contributed by atoms with E-state index in [1.165, 1.54) is 12.1 Å². The molecule has 0 aliphatic rings. The molecule has 0 amide bonds. The molecular weight excluding hydrogens is 306 g/mol. The zero-order valence-corrected chi connectivity index (χ0v) is 11.6. The molecule has 0 spiro atoms. The van der Waals surface area contributed by atoms with E-state index in [1.54, 1.807) is 18.2 Å². The number of nitrogens with zero attached hydrogens (tertiary/aromatic N) is 1. The van der Waals surface area contributed by atoms with E-state index in [-0.39, 0.29) is 17.9 Å². The topological polar surface area (TPSA) is 55.2 Å². The molecule has 0 aromatic heterocycles. The third kappa shape index (κ3) is 3.18. The van der Waals surface area contributed by atoms with Gasteiger partial charge in [0.05, 0.1) is 16.7 Å². The minimum atomic E-state index is -0.706. The lowest BCUT2D eigenvalue weighted by Gasteiger charge is -2.10. The van der Waals surface area contributed by atoms with Crippen LogP contribution >= 0.6 is 23.2 Å². The number of rotatable bonds is 4. The van der Waals surface area contributed by atoms with E-state index in [2.05, 4.69) is 5.32 Å². The normalized spacial score (nSPS) is 10.3.